The van der Waals surface area contributed by atoms with Crippen molar-refractivity contribution in [2.75, 3.05) is 0 Å². The van der Waals surface area contributed by atoms with Gasteiger partial charge in [-0.1, -0.05) is 6.07 Å². The minimum absolute atomic E-state index is 0.0210. The van der Waals surface area contributed by atoms with Gasteiger partial charge in [-0.2, -0.15) is 0 Å². The zero-order chi connectivity index (χ0) is 13.1. The number of carbonyl (C=O) groups is 1. The lowest BCUT2D eigenvalue weighted by Gasteiger charge is -2.03. The summed E-state index contributed by atoms with van der Waals surface area (Å²) in [6.07, 6.45) is 3.07. The van der Waals surface area contributed by atoms with Gasteiger partial charge in [0.2, 0.25) is 0 Å². The van der Waals surface area contributed by atoms with Crippen LogP contribution in [0.15, 0.2) is 41.1 Å². The standard InChI is InChI=1S/C13H8BrF2NO/c14-9-4-8(6-17-7-9)5-12(18)10-2-1-3-11(15)13(10)16/h1-4,6-7H,5H2. The molecule has 0 aliphatic rings. The minimum Gasteiger partial charge on any atom is -0.294 e. The van der Waals surface area contributed by atoms with Crippen LogP contribution >= 0.6 is 15.9 Å². The summed E-state index contributed by atoms with van der Waals surface area (Å²) in [6.45, 7) is 0. The molecule has 0 amide bonds. The summed E-state index contributed by atoms with van der Waals surface area (Å²) in [6, 6.07) is 5.27. The van der Waals surface area contributed by atoms with Crippen LogP contribution in [0.5, 0.6) is 0 Å². The Morgan fingerprint density at radius 3 is 2.78 bits per heavy atom. The molecule has 92 valence electrons. The smallest absolute Gasteiger partial charge is 0.170 e. The molecule has 0 aliphatic carbocycles. The molecule has 0 bridgehead atoms. The number of Topliss-reactive ketones (excluding diaryl/α,β-unsaturated/α-hetero) is 1. The number of halogens is 3. The average Bonchev–Trinajstić information content (AvgIpc) is 2.32. The maximum atomic E-state index is 13.4. The Bertz CT molecular complexity index is 601. The van der Waals surface area contributed by atoms with E-state index in [2.05, 4.69) is 20.9 Å². The number of carbonyl (C=O) groups excluding carboxylic acids is 1. The molecule has 1 heterocycles. The molecule has 0 spiro atoms. The maximum absolute atomic E-state index is 13.4. The first-order valence-electron chi connectivity index (χ1n) is 5.14. The highest BCUT2D eigenvalue weighted by molar-refractivity contribution is 9.10. The second-order valence-corrected chi connectivity index (χ2v) is 4.63. The molecule has 0 atom stereocenters. The van der Waals surface area contributed by atoms with E-state index in [1.165, 1.54) is 18.3 Å². The molecule has 0 unspecified atom stereocenters. The highest BCUT2D eigenvalue weighted by Crippen LogP contribution is 2.16. The largest absolute Gasteiger partial charge is 0.294 e. The number of ketones is 1. The Hall–Kier alpha value is -1.62. The van der Waals surface area contributed by atoms with Gasteiger partial charge in [0.25, 0.3) is 0 Å². The van der Waals surface area contributed by atoms with Crippen LogP contribution < -0.4 is 0 Å². The molecule has 2 rings (SSSR count). The zero-order valence-corrected chi connectivity index (χ0v) is 10.7. The number of benzene rings is 1. The quantitative estimate of drug-likeness (QED) is 0.811. The summed E-state index contributed by atoms with van der Waals surface area (Å²) in [5.41, 5.74) is 0.396. The van der Waals surface area contributed by atoms with Crippen molar-refractivity contribution in [3.05, 3.63) is 63.9 Å². The van der Waals surface area contributed by atoms with Gasteiger partial charge < -0.3 is 0 Å². The predicted molar refractivity (Wildman–Crippen MR) is 66.3 cm³/mol. The second-order valence-electron chi connectivity index (χ2n) is 3.71. The van der Waals surface area contributed by atoms with E-state index in [1.54, 1.807) is 12.3 Å². The molecule has 0 N–H and O–H groups in total. The van der Waals surface area contributed by atoms with Gasteiger partial charge in [0.1, 0.15) is 0 Å². The lowest BCUT2D eigenvalue weighted by Crippen LogP contribution is -2.07. The molecule has 5 heteroatoms. The molecule has 0 aliphatic heterocycles. The lowest BCUT2D eigenvalue weighted by atomic mass is 10.0. The van der Waals surface area contributed by atoms with E-state index in [0.717, 1.165) is 10.5 Å². The van der Waals surface area contributed by atoms with Crippen molar-refractivity contribution in [1.29, 1.82) is 0 Å². The Kier molecular flexibility index (Phi) is 3.81. The highest BCUT2D eigenvalue weighted by atomic mass is 79.9. The molecular formula is C13H8BrF2NO. The Morgan fingerprint density at radius 1 is 1.28 bits per heavy atom. The average molecular weight is 312 g/mol. The number of rotatable bonds is 3. The minimum atomic E-state index is -1.11. The van der Waals surface area contributed by atoms with Crippen LogP contribution in [-0.2, 0) is 6.42 Å². The van der Waals surface area contributed by atoms with Gasteiger partial charge in [0, 0.05) is 23.3 Å². The number of hydrogen-bond acceptors (Lipinski definition) is 2. The maximum Gasteiger partial charge on any atom is 0.170 e. The van der Waals surface area contributed by atoms with Crippen LogP contribution in [0.1, 0.15) is 15.9 Å². The fourth-order valence-electron chi connectivity index (χ4n) is 1.55. The molecule has 2 nitrogen and oxygen atoms in total. The third-order valence-electron chi connectivity index (χ3n) is 2.38. The van der Waals surface area contributed by atoms with E-state index < -0.39 is 17.4 Å². The van der Waals surface area contributed by atoms with E-state index in [0.29, 0.717) is 5.56 Å². The van der Waals surface area contributed by atoms with Gasteiger partial charge in [-0.3, -0.25) is 9.78 Å². The summed E-state index contributed by atoms with van der Waals surface area (Å²) >= 11 is 3.23. The van der Waals surface area contributed by atoms with Crippen LogP contribution in [0.2, 0.25) is 0 Å². The first kappa shape index (κ1) is 12.8. The molecule has 18 heavy (non-hydrogen) atoms. The normalized spacial score (nSPS) is 10.4. The van der Waals surface area contributed by atoms with Gasteiger partial charge in [0.15, 0.2) is 17.4 Å². The van der Waals surface area contributed by atoms with E-state index in [9.17, 15) is 13.6 Å². The molecule has 0 saturated carbocycles. The van der Waals surface area contributed by atoms with Crippen molar-refractivity contribution in [2.24, 2.45) is 0 Å². The zero-order valence-electron chi connectivity index (χ0n) is 9.16. The first-order valence-corrected chi connectivity index (χ1v) is 5.94. The van der Waals surface area contributed by atoms with E-state index in [4.69, 9.17) is 0 Å². The number of hydrogen-bond donors (Lipinski definition) is 0. The van der Waals surface area contributed by atoms with E-state index in [1.807, 2.05) is 0 Å². The van der Waals surface area contributed by atoms with Crippen molar-refractivity contribution in [1.82, 2.24) is 4.98 Å². The molecule has 0 radical (unpaired) electrons. The molecule has 2 aromatic rings. The molecule has 1 aromatic heterocycles. The van der Waals surface area contributed by atoms with Crippen molar-refractivity contribution < 1.29 is 13.6 Å². The molecule has 1 aromatic carbocycles. The van der Waals surface area contributed by atoms with Crippen molar-refractivity contribution in [2.45, 2.75) is 6.42 Å². The van der Waals surface area contributed by atoms with E-state index in [-0.39, 0.29) is 12.0 Å². The van der Waals surface area contributed by atoms with Crippen molar-refractivity contribution in [3.8, 4) is 0 Å². The number of pyridine rings is 1. The van der Waals surface area contributed by atoms with E-state index >= 15 is 0 Å². The number of aromatic nitrogens is 1. The van der Waals surface area contributed by atoms with Crippen LogP contribution in [0, 0.1) is 11.6 Å². The van der Waals surface area contributed by atoms with Crippen molar-refractivity contribution >= 4 is 21.7 Å². The summed E-state index contributed by atoms with van der Waals surface area (Å²) in [7, 11) is 0. The van der Waals surface area contributed by atoms with Crippen LogP contribution in [0.3, 0.4) is 0 Å². The highest BCUT2D eigenvalue weighted by Gasteiger charge is 2.15. The van der Waals surface area contributed by atoms with Crippen molar-refractivity contribution in [3.63, 3.8) is 0 Å². The van der Waals surface area contributed by atoms with Gasteiger partial charge in [-0.05, 0) is 39.7 Å². The van der Waals surface area contributed by atoms with Crippen LogP contribution in [0.25, 0.3) is 0 Å². The molecule has 0 saturated heterocycles. The fraction of sp³-hybridized carbons (Fsp3) is 0.0769. The van der Waals surface area contributed by atoms with Crippen LogP contribution in [0.4, 0.5) is 8.78 Å². The third-order valence-corrected chi connectivity index (χ3v) is 2.81. The predicted octanol–water partition coefficient (Wildman–Crippen LogP) is 3.55. The summed E-state index contributed by atoms with van der Waals surface area (Å²) < 4.78 is 27.1. The van der Waals surface area contributed by atoms with Crippen LogP contribution in [-0.4, -0.2) is 10.8 Å². The lowest BCUT2D eigenvalue weighted by molar-refractivity contribution is 0.0988. The summed E-state index contributed by atoms with van der Waals surface area (Å²) in [4.78, 5) is 15.8. The SMILES string of the molecule is O=C(Cc1cncc(Br)c1)c1cccc(F)c1F. The summed E-state index contributed by atoms with van der Waals surface area (Å²) in [5.74, 6) is -2.61. The second kappa shape index (κ2) is 5.35. The third kappa shape index (κ3) is 2.79. The topological polar surface area (TPSA) is 30.0 Å². The Balaban J connectivity index is 2.25. The molecule has 0 fully saturated rings. The monoisotopic (exact) mass is 311 g/mol. The Labute approximate surface area is 111 Å². The fourth-order valence-corrected chi connectivity index (χ4v) is 1.96. The van der Waals surface area contributed by atoms with Gasteiger partial charge in [-0.25, -0.2) is 8.78 Å². The summed E-state index contributed by atoms with van der Waals surface area (Å²) in [5, 5.41) is 0. The molecular weight excluding hydrogens is 304 g/mol. The van der Waals surface area contributed by atoms with Gasteiger partial charge in [-0.15, -0.1) is 0 Å². The van der Waals surface area contributed by atoms with Gasteiger partial charge >= 0.3 is 0 Å². The first-order chi connectivity index (χ1) is 8.58. The Morgan fingerprint density at radius 2 is 2.06 bits per heavy atom. The van der Waals surface area contributed by atoms with Gasteiger partial charge in [0.05, 0.1) is 5.56 Å². The number of nitrogens with zero attached hydrogens (tertiary/aromatic N) is 1.